The van der Waals surface area contributed by atoms with E-state index in [-0.39, 0.29) is 30.6 Å². The van der Waals surface area contributed by atoms with Gasteiger partial charge in [-0.15, -0.1) is 0 Å². The van der Waals surface area contributed by atoms with E-state index < -0.39 is 0 Å². The Kier molecular flexibility index (Phi) is 8.76. The number of hydrogen-bond acceptors (Lipinski definition) is 4. The molecule has 7 heteroatoms. The zero-order chi connectivity index (χ0) is 21.4. The monoisotopic (exact) mass is 404 g/mol. The molecule has 7 nitrogen and oxygen atoms in total. The number of carbonyl (C=O) groups is 2. The maximum absolute atomic E-state index is 13.0. The molecular weight excluding hydrogens is 368 g/mol. The number of anilines is 2. The van der Waals surface area contributed by atoms with Crippen molar-refractivity contribution < 1.29 is 14.3 Å². The second-order valence-electron chi connectivity index (χ2n) is 8.24. The molecule has 1 saturated carbocycles. The van der Waals surface area contributed by atoms with Crippen LogP contribution < -0.4 is 15.5 Å². The van der Waals surface area contributed by atoms with Gasteiger partial charge < -0.3 is 25.2 Å². The molecule has 0 spiro atoms. The number of methoxy groups -OCH3 is 1. The Morgan fingerprint density at radius 2 is 1.86 bits per heavy atom. The third-order valence-corrected chi connectivity index (χ3v) is 5.15. The summed E-state index contributed by atoms with van der Waals surface area (Å²) in [5.41, 5.74) is 2.75. The van der Waals surface area contributed by atoms with Crippen LogP contribution in [0.4, 0.5) is 16.2 Å². The van der Waals surface area contributed by atoms with E-state index in [0.717, 1.165) is 36.9 Å². The molecule has 1 aliphatic rings. The smallest absolute Gasteiger partial charge is 0.318 e. The molecule has 0 bridgehead atoms. The largest absolute Gasteiger partial charge is 0.377 e. The normalized spacial score (nSPS) is 14.6. The van der Waals surface area contributed by atoms with Crippen LogP contribution in [0.2, 0.25) is 0 Å². The van der Waals surface area contributed by atoms with E-state index in [2.05, 4.69) is 10.6 Å². The van der Waals surface area contributed by atoms with Crippen LogP contribution in [0.5, 0.6) is 0 Å². The van der Waals surface area contributed by atoms with Crippen LogP contribution in [0.1, 0.15) is 51.5 Å². The first-order valence-electron chi connectivity index (χ1n) is 10.5. The van der Waals surface area contributed by atoms with Crippen molar-refractivity contribution in [2.24, 2.45) is 0 Å². The van der Waals surface area contributed by atoms with Crippen LogP contribution in [0.25, 0.3) is 0 Å². The highest BCUT2D eigenvalue weighted by Gasteiger charge is 2.27. The van der Waals surface area contributed by atoms with Gasteiger partial charge in [-0.3, -0.25) is 4.79 Å². The van der Waals surface area contributed by atoms with Crippen LogP contribution in [0.3, 0.4) is 0 Å². The summed E-state index contributed by atoms with van der Waals surface area (Å²) in [5.74, 6) is -0.197. The molecule has 162 valence electrons. The highest BCUT2D eigenvalue weighted by molar-refractivity contribution is 5.92. The molecule has 2 N–H and O–H groups in total. The van der Waals surface area contributed by atoms with Crippen LogP contribution in [-0.4, -0.2) is 56.7 Å². The van der Waals surface area contributed by atoms with Crippen molar-refractivity contribution in [1.82, 2.24) is 10.2 Å². The number of nitrogens with one attached hydrogen (secondary N) is 2. The van der Waals surface area contributed by atoms with Gasteiger partial charge in [0.2, 0.25) is 5.91 Å². The Hall–Kier alpha value is -2.28. The fourth-order valence-electron chi connectivity index (χ4n) is 3.83. The van der Waals surface area contributed by atoms with Crippen LogP contribution in [0.15, 0.2) is 18.2 Å². The molecule has 0 saturated heterocycles. The topological polar surface area (TPSA) is 73.9 Å². The zero-order valence-electron chi connectivity index (χ0n) is 18.5. The maximum atomic E-state index is 13.0. The van der Waals surface area contributed by atoms with Gasteiger partial charge in [-0.2, -0.15) is 0 Å². The van der Waals surface area contributed by atoms with Gasteiger partial charge in [0.15, 0.2) is 0 Å². The van der Waals surface area contributed by atoms with Crippen LogP contribution in [-0.2, 0) is 16.1 Å². The molecule has 1 aromatic carbocycles. The zero-order valence-corrected chi connectivity index (χ0v) is 18.5. The van der Waals surface area contributed by atoms with Gasteiger partial charge in [-0.25, -0.2) is 4.79 Å². The lowest BCUT2D eigenvalue weighted by atomic mass is 9.94. The number of carbonyl (C=O) groups excluding carboxylic acids is 2. The van der Waals surface area contributed by atoms with Crippen molar-refractivity contribution in [3.8, 4) is 0 Å². The lowest BCUT2D eigenvalue weighted by Gasteiger charge is -2.36. The van der Waals surface area contributed by atoms with Gasteiger partial charge in [-0.1, -0.05) is 19.3 Å². The first-order chi connectivity index (χ1) is 13.8. The molecule has 0 radical (unpaired) electrons. The summed E-state index contributed by atoms with van der Waals surface area (Å²) in [6, 6.07) is 6.13. The van der Waals surface area contributed by atoms with Crippen molar-refractivity contribution in [1.29, 1.82) is 0 Å². The summed E-state index contributed by atoms with van der Waals surface area (Å²) in [6.45, 7) is 4.47. The third-order valence-electron chi connectivity index (χ3n) is 5.15. The quantitative estimate of drug-likeness (QED) is 0.694. The minimum absolute atomic E-state index is 0.00968. The highest BCUT2D eigenvalue weighted by Crippen LogP contribution is 2.29. The maximum Gasteiger partial charge on any atom is 0.318 e. The van der Waals surface area contributed by atoms with E-state index in [9.17, 15) is 9.59 Å². The van der Waals surface area contributed by atoms with E-state index in [1.807, 2.05) is 55.9 Å². The summed E-state index contributed by atoms with van der Waals surface area (Å²) < 4.78 is 4.90. The Bertz CT molecular complexity index is 685. The Morgan fingerprint density at radius 1 is 1.17 bits per heavy atom. The number of rotatable bonds is 8. The minimum atomic E-state index is -0.197. The molecular formula is C22H36N4O3. The highest BCUT2D eigenvalue weighted by atomic mass is 16.5. The molecule has 1 aliphatic carbocycles. The predicted octanol–water partition coefficient (Wildman–Crippen LogP) is 3.59. The second kappa shape index (κ2) is 11.0. The Balaban J connectivity index is 2.30. The first kappa shape index (κ1) is 23.0. The SMILES string of the molecule is COCC(=O)Nc1ccc(N(C)C)c(CN(C(=O)NC(C)C)C2CCCCC2)c1. The second-order valence-corrected chi connectivity index (χ2v) is 8.24. The summed E-state index contributed by atoms with van der Waals surface area (Å²) in [5, 5.41) is 5.92. The molecule has 0 heterocycles. The Morgan fingerprint density at radius 3 is 2.45 bits per heavy atom. The van der Waals surface area contributed by atoms with Crippen LogP contribution >= 0.6 is 0 Å². The average molecular weight is 405 g/mol. The first-order valence-corrected chi connectivity index (χ1v) is 10.5. The predicted molar refractivity (Wildman–Crippen MR) is 117 cm³/mol. The van der Waals surface area contributed by atoms with E-state index in [1.54, 1.807) is 0 Å². The van der Waals surface area contributed by atoms with Crippen molar-refractivity contribution >= 4 is 23.3 Å². The number of urea groups is 1. The van der Waals surface area contributed by atoms with Gasteiger partial charge in [0.05, 0.1) is 0 Å². The molecule has 0 atom stereocenters. The van der Waals surface area contributed by atoms with Crippen molar-refractivity contribution in [2.45, 2.75) is 64.6 Å². The number of ether oxygens (including phenoxy) is 1. The summed E-state index contributed by atoms with van der Waals surface area (Å²) in [6.07, 6.45) is 5.62. The molecule has 3 amide bonds. The van der Waals surface area contributed by atoms with E-state index in [4.69, 9.17) is 4.74 Å². The third kappa shape index (κ3) is 6.92. The summed E-state index contributed by atoms with van der Waals surface area (Å²) >= 11 is 0. The lowest BCUT2D eigenvalue weighted by Crippen LogP contribution is -2.48. The molecule has 0 aliphatic heterocycles. The van der Waals surface area contributed by atoms with E-state index in [1.165, 1.54) is 13.5 Å². The van der Waals surface area contributed by atoms with E-state index in [0.29, 0.717) is 12.2 Å². The van der Waals surface area contributed by atoms with Gasteiger partial charge >= 0.3 is 6.03 Å². The van der Waals surface area contributed by atoms with Gasteiger partial charge in [0.25, 0.3) is 0 Å². The molecule has 1 fully saturated rings. The fourth-order valence-corrected chi connectivity index (χ4v) is 3.83. The number of hydrogen-bond donors (Lipinski definition) is 2. The molecule has 0 aromatic heterocycles. The van der Waals surface area contributed by atoms with Crippen molar-refractivity contribution in [3.63, 3.8) is 0 Å². The van der Waals surface area contributed by atoms with Crippen molar-refractivity contribution in [3.05, 3.63) is 23.8 Å². The van der Waals surface area contributed by atoms with Gasteiger partial charge in [0, 0.05) is 51.2 Å². The van der Waals surface area contributed by atoms with Crippen molar-refractivity contribution in [2.75, 3.05) is 38.0 Å². The summed E-state index contributed by atoms with van der Waals surface area (Å²) in [7, 11) is 5.47. The number of amides is 3. The minimum Gasteiger partial charge on any atom is -0.377 e. The molecule has 1 aromatic rings. The number of nitrogens with zero attached hydrogens (tertiary/aromatic N) is 2. The molecule has 0 unspecified atom stereocenters. The molecule has 29 heavy (non-hydrogen) atoms. The van der Waals surface area contributed by atoms with Gasteiger partial charge in [-0.05, 0) is 50.5 Å². The Labute approximate surface area is 174 Å². The summed E-state index contributed by atoms with van der Waals surface area (Å²) in [4.78, 5) is 28.9. The van der Waals surface area contributed by atoms with E-state index >= 15 is 0 Å². The standard InChI is InChI=1S/C22H36N4O3/c1-16(2)23-22(28)26(19-9-7-6-8-10-19)14-17-13-18(24-21(27)15-29-5)11-12-20(17)25(3)4/h11-13,16,19H,6-10,14-15H2,1-5H3,(H,23,28)(H,24,27). The fraction of sp³-hybridized carbons (Fsp3) is 0.636. The lowest BCUT2D eigenvalue weighted by molar-refractivity contribution is -0.119. The van der Waals surface area contributed by atoms with Gasteiger partial charge in [0.1, 0.15) is 6.61 Å². The van der Waals surface area contributed by atoms with Crippen LogP contribution in [0, 0.1) is 0 Å². The number of benzene rings is 1. The molecule has 2 rings (SSSR count). The average Bonchev–Trinajstić information content (AvgIpc) is 2.66.